The molecule has 0 aliphatic rings. The molecule has 0 saturated carbocycles. The number of nitrogens with one attached hydrogen (secondary N) is 1. The van der Waals surface area contributed by atoms with Crippen molar-refractivity contribution in [2.24, 2.45) is 0 Å². The number of alkyl halides is 3. The second-order valence-electron chi connectivity index (χ2n) is 7.04. The molecule has 0 fully saturated rings. The Hall–Kier alpha value is -3.33. The lowest BCUT2D eigenvalue weighted by Gasteiger charge is -2.14. The molecule has 0 aliphatic heterocycles. The summed E-state index contributed by atoms with van der Waals surface area (Å²) in [6, 6.07) is 13.8. The Morgan fingerprint density at radius 2 is 1.88 bits per heavy atom. The summed E-state index contributed by atoms with van der Waals surface area (Å²) in [5.74, 6) is 0.0700. The molecule has 3 rings (SSSR count). The van der Waals surface area contributed by atoms with Gasteiger partial charge in [0.1, 0.15) is 35.8 Å². The zero-order valence-electron chi connectivity index (χ0n) is 16.9. The topological polar surface area (TPSA) is 71.7 Å². The summed E-state index contributed by atoms with van der Waals surface area (Å²) in [7, 11) is 0. The first-order valence-electron chi connectivity index (χ1n) is 9.81. The van der Waals surface area contributed by atoms with Gasteiger partial charge in [0.15, 0.2) is 0 Å². The summed E-state index contributed by atoms with van der Waals surface area (Å²) in [6.45, 7) is -0.414. The summed E-state index contributed by atoms with van der Waals surface area (Å²) < 4.78 is 62.7. The van der Waals surface area contributed by atoms with Gasteiger partial charge in [0.05, 0.1) is 11.1 Å². The maximum atomic E-state index is 13.8. The first-order valence-corrected chi connectivity index (χ1v) is 9.81. The van der Waals surface area contributed by atoms with Crippen LogP contribution in [0.4, 0.5) is 17.6 Å². The Kier molecular flexibility index (Phi) is 7.53. The van der Waals surface area contributed by atoms with Gasteiger partial charge in [-0.1, -0.05) is 18.2 Å². The van der Waals surface area contributed by atoms with E-state index in [9.17, 15) is 27.5 Å². The van der Waals surface area contributed by atoms with E-state index in [1.165, 1.54) is 18.2 Å². The number of rotatable bonds is 9. The summed E-state index contributed by atoms with van der Waals surface area (Å²) >= 11 is 0. The number of halogens is 4. The summed E-state index contributed by atoms with van der Waals surface area (Å²) in [5.41, 5.74) is -0.527. The number of ether oxygens (including phenoxy) is 1. The number of aliphatic hydroxyl groups excluding tert-OH is 1. The predicted octanol–water partition coefficient (Wildman–Crippen LogP) is 4.59. The third-order valence-corrected chi connectivity index (χ3v) is 4.54. The van der Waals surface area contributed by atoms with Gasteiger partial charge < -0.3 is 19.6 Å². The van der Waals surface area contributed by atoms with Crippen LogP contribution < -0.4 is 10.1 Å². The van der Waals surface area contributed by atoms with Crippen LogP contribution >= 0.6 is 0 Å². The van der Waals surface area contributed by atoms with Crippen molar-refractivity contribution in [1.82, 2.24) is 5.32 Å². The van der Waals surface area contributed by atoms with E-state index in [0.29, 0.717) is 17.1 Å². The minimum atomic E-state index is -4.49. The highest BCUT2D eigenvalue weighted by Gasteiger charge is 2.30. The van der Waals surface area contributed by atoms with Crippen molar-refractivity contribution < 1.29 is 36.6 Å². The summed E-state index contributed by atoms with van der Waals surface area (Å²) in [4.78, 5) is 12.0. The third kappa shape index (κ3) is 6.58. The average molecular weight is 451 g/mol. The van der Waals surface area contributed by atoms with Gasteiger partial charge in [-0.25, -0.2) is 4.39 Å². The summed E-state index contributed by atoms with van der Waals surface area (Å²) in [6.07, 6.45) is -5.25. The molecule has 2 N–H and O–H groups in total. The highest BCUT2D eigenvalue weighted by Crippen LogP contribution is 2.31. The molecule has 2 aromatic carbocycles. The number of amides is 1. The van der Waals surface area contributed by atoms with E-state index in [0.717, 1.165) is 12.1 Å². The van der Waals surface area contributed by atoms with Crippen LogP contribution in [0.2, 0.25) is 0 Å². The second kappa shape index (κ2) is 10.3. The van der Waals surface area contributed by atoms with Gasteiger partial charge in [0, 0.05) is 19.4 Å². The van der Waals surface area contributed by atoms with Crippen LogP contribution in [0, 0.1) is 5.82 Å². The van der Waals surface area contributed by atoms with E-state index in [1.54, 1.807) is 30.3 Å². The van der Waals surface area contributed by atoms with Crippen molar-refractivity contribution in [3.05, 3.63) is 77.8 Å². The molecule has 0 aliphatic carbocycles. The van der Waals surface area contributed by atoms with E-state index >= 15 is 0 Å². The van der Waals surface area contributed by atoms with Gasteiger partial charge in [-0.2, -0.15) is 13.2 Å². The predicted molar refractivity (Wildman–Crippen MR) is 108 cm³/mol. The van der Waals surface area contributed by atoms with Crippen LogP contribution in [0.1, 0.15) is 17.7 Å². The first-order chi connectivity index (χ1) is 15.2. The molecule has 1 atom stereocenters. The molecule has 9 heteroatoms. The van der Waals surface area contributed by atoms with Crippen LogP contribution in [0.25, 0.3) is 11.3 Å². The average Bonchev–Trinajstić information content (AvgIpc) is 3.23. The largest absolute Gasteiger partial charge is 0.491 e. The normalized spacial score (nSPS) is 12.4. The molecule has 0 bridgehead atoms. The van der Waals surface area contributed by atoms with Gasteiger partial charge in [-0.3, -0.25) is 4.79 Å². The van der Waals surface area contributed by atoms with Crippen molar-refractivity contribution in [3.8, 4) is 17.1 Å². The van der Waals surface area contributed by atoms with Gasteiger partial charge >= 0.3 is 6.18 Å². The lowest BCUT2D eigenvalue weighted by molar-refractivity contribution is -0.137. The number of carbonyl (C=O) groups excluding carboxylic acids is 1. The van der Waals surface area contributed by atoms with Gasteiger partial charge in [0.25, 0.3) is 0 Å². The van der Waals surface area contributed by atoms with Crippen molar-refractivity contribution in [2.75, 3.05) is 13.2 Å². The number of aliphatic hydroxyl groups is 1. The first kappa shape index (κ1) is 23.3. The van der Waals surface area contributed by atoms with Crippen LogP contribution in [-0.2, 0) is 17.4 Å². The number of benzene rings is 2. The van der Waals surface area contributed by atoms with Crippen molar-refractivity contribution in [3.63, 3.8) is 0 Å². The number of aryl methyl sites for hydroxylation is 1. The fourth-order valence-electron chi connectivity index (χ4n) is 2.89. The van der Waals surface area contributed by atoms with E-state index in [4.69, 9.17) is 9.15 Å². The molecule has 1 heterocycles. The standard InChI is InChI=1S/C23H21F4NO4/c24-20-7-2-1-6-19(20)21-10-8-17(32-21)9-11-22(30)28-13-16(29)14-31-18-5-3-4-15(12-18)23(25,26)27/h1-8,10,12,16,29H,9,11,13-14H2,(H,28,30). The lowest BCUT2D eigenvalue weighted by Crippen LogP contribution is -2.35. The number of furan rings is 1. The number of carbonyl (C=O) groups is 1. The molecule has 0 spiro atoms. The molecule has 3 aromatic rings. The van der Waals surface area contributed by atoms with Crippen molar-refractivity contribution in [2.45, 2.75) is 25.1 Å². The van der Waals surface area contributed by atoms with Gasteiger partial charge in [-0.15, -0.1) is 0 Å². The smallest absolute Gasteiger partial charge is 0.416 e. The molecule has 32 heavy (non-hydrogen) atoms. The molecule has 0 radical (unpaired) electrons. The van der Waals surface area contributed by atoms with Gasteiger partial charge in [-0.05, 0) is 42.5 Å². The van der Waals surface area contributed by atoms with E-state index in [1.807, 2.05) is 0 Å². The van der Waals surface area contributed by atoms with E-state index < -0.39 is 23.7 Å². The van der Waals surface area contributed by atoms with Crippen LogP contribution in [0.5, 0.6) is 5.75 Å². The maximum absolute atomic E-state index is 13.8. The van der Waals surface area contributed by atoms with Crippen LogP contribution in [0.3, 0.4) is 0 Å². The van der Waals surface area contributed by atoms with Crippen LogP contribution in [0.15, 0.2) is 65.1 Å². The highest BCUT2D eigenvalue weighted by atomic mass is 19.4. The van der Waals surface area contributed by atoms with Gasteiger partial charge in [0.2, 0.25) is 5.91 Å². The summed E-state index contributed by atoms with van der Waals surface area (Å²) in [5, 5.41) is 12.4. The van der Waals surface area contributed by atoms with E-state index in [-0.39, 0.29) is 37.6 Å². The molecule has 0 saturated heterocycles. The number of hydrogen-bond donors (Lipinski definition) is 2. The molecule has 1 amide bonds. The number of hydrogen-bond acceptors (Lipinski definition) is 4. The molecule has 1 aromatic heterocycles. The van der Waals surface area contributed by atoms with Crippen molar-refractivity contribution in [1.29, 1.82) is 0 Å². The fraction of sp³-hybridized carbons (Fsp3) is 0.261. The Labute approximate surface area is 181 Å². The zero-order chi connectivity index (χ0) is 23.1. The van der Waals surface area contributed by atoms with Crippen LogP contribution in [-0.4, -0.2) is 30.3 Å². The van der Waals surface area contributed by atoms with Crippen molar-refractivity contribution >= 4 is 5.91 Å². The molecule has 1 unspecified atom stereocenters. The Morgan fingerprint density at radius 3 is 2.62 bits per heavy atom. The Morgan fingerprint density at radius 1 is 1.09 bits per heavy atom. The monoisotopic (exact) mass is 451 g/mol. The fourth-order valence-corrected chi connectivity index (χ4v) is 2.89. The SMILES string of the molecule is O=C(CCc1ccc(-c2ccccc2F)o1)NCC(O)COc1cccc(C(F)(F)F)c1. The Balaban J connectivity index is 1.40. The molecular formula is C23H21F4NO4. The third-order valence-electron chi connectivity index (χ3n) is 4.54. The Bertz CT molecular complexity index is 1050. The quantitative estimate of drug-likeness (QED) is 0.467. The molecule has 5 nitrogen and oxygen atoms in total. The minimum absolute atomic E-state index is 0.0336. The second-order valence-corrected chi connectivity index (χ2v) is 7.04. The minimum Gasteiger partial charge on any atom is -0.491 e. The highest BCUT2D eigenvalue weighted by molar-refractivity contribution is 5.76. The maximum Gasteiger partial charge on any atom is 0.416 e. The lowest BCUT2D eigenvalue weighted by atomic mass is 10.1. The molecular weight excluding hydrogens is 430 g/mol. The zero-order valence-corrected chi connectivity index (χ0v) is 16.9. The molecule has 170 valence electrons. The van der Waals surface area contributed by atoms with E-state index in [2.05, 4.69) is 5.32 Å².